The van der Waals surface area contributed by atoms with Gasteiger partial charge in [0.15, 0.2) is 16.3 Å². The van der Waals surface area contributed by atoms with Crippen molar-refractivity contribution in [1.29, 1.82) is 0 Å². The largest absolute Gasteiger partial charge is 0.463 e. The molecule has 0 aliphatic heterocycles. The van der Waals surface area contributed by atoms with Crippen LogP contribution in [0.25, 0.3) is 20.2 Å². The SMILES string of the molecule is Brc1ccc(OP(c2ccccc2)c2ccccc2)c2sc3c(OP(c4ccccc4)c4ccccc4)cccc3c12. The molecule has 0 bridgehead atoms. The van der Waals surface area contributed by atoms with E-state index in [2.05, 4.69) is 143 Å². The Morgan fingerprint density at radius 3 is 1.31 bits per heavy atom. The monoisotopic (exact) mass is 662 g/mol. The van der Waals surface area contributed by atoms with Crippen LogP contribution in [0, 0.1) is 0 Å². The Labute approximate surface area is 260 Å². The summed E-state index contributed by atoms with van der Waals surface area (Å²) in [6.07, 6.45) is 0. The Bertz CT molecular complexity index is 1870. The summed E-state index contributed by atoms with van der Waals surface area (Å²) in [5.41, 5.74) is 0. The number of rotatable bonds is 8. The molecule has 0 unspecified atom stereocenters. The molecular formula is C36H25BrO2P2S. The third-order valence-electron chi connectivity index (χ3n) is 6.87. The fraction of sp³-hybridized carbons (Fsp3) is 0. The van der Waals surface area contributed by atoms with E-state index in [-0.39, 0.29) is 0 Å². The first-order valence-electron chi connectivity index (χ1n) is 13.6. The van der Waals surface area contributed by atoms with E-state index in [1.165, 1.54) is 21.2 Å². The molecule has 1 heterocycles. The summed E-state index contributed by atoms with van der Waals surface area (Å²) < 4.78 is 17.2. The van der Waals surface area contributed by atoms with Gasteiger partial charge in [-0.3, -0.25) is 0 Å². The number of thiophene rings is 1. The minimum atomic E-state index is -1.06. The maximum Gasteiger partial charge on any atom is 0.150 e. The Hall–Kier alpha value is -3.52. The molecule has 0 radical (unpaired) electrons. The predicted octanol–water partition coefficient (Wildman–Crippen LogP) is 9.67. The molecular weight excluding hydrogens is 638 g/mol. The molecule has 1 aromatic heterocycles. The van der Waals surface area contributed by atoms with Crippen molar-refractivity contribution in [2.45, 2.75) is 0 Å². The van der Waals surface area contributed by atoms with Crippen LogP contribution in [-0.4, -0.2) is 0 Å². The first-order chi connectivity index (χ1) is 20.8. The summed E-state index contributed by atoms with van der Waals surface area (Å²) in [6, 6.07) is 52.6. The van der Waals surface area contributed by atoms with E-state index in [0.29, 0.717) is 0 Å². The molecule has 0 amide bonds. The van der Waals surface area contributed by atoms with E-state index in [4.69, 9.17) is 9.05 Å². The van der Waals surface area contributed by atoms with Crippen LogP contribution in [0.1, 0.15) is 0 Å². The van der Waals surface area contributed by atoms with Crippen molar-refractivity contribution >= 4 is 85.0 Å². The Balaban J connectivity index is 1.34. The summed E-state index contributed by atoms with van der Waals surface area (Å²) in [4.78, 5) is 0. The number of halogens is 1. The van der Waals surface area contributed by atoms with Crippen molar-refractivity contribution in [3.63, 3.8) is 0 Å². The van der Waals surface area contributed by atoms with E-state index >= 15 is 0 Å². The average molecular weight is 664 g/mol. The number of hydrogen-bond donors (Lipinski definition) is 0. The van der Waals surface area contributed by atoms with Gasteiger partial charge in [-0.05, 0) is 18.2 Å². The van der Waals surface area contributed by atoms with Crippen LogP contribution in [0.15, 0.2) is 156 Å². The molecule has 0 atom stereocenters. The van der Waals surface area contributed by atoms with Crippen LogP contribution in [-0.2, 0) is 0 Å². The van der Waals surface area contributed by atoms with Crippen molar-refractivity contribution in [2.75, 3.05) is 0 Å². The molecule has 0 fully saturated rings. The van der Waals surface area contributed by atoms with Gasteiger partial charge in [0, 0.05) is 36.5 Å². The number of fused-ring (bicyclic) bond motifs is 3. The van der Waals surface area contributed by atoms with E-state index in [9.17, 15) is 0 Å². The lowest BCUT2D eigenvalue weighted by atomic mass is 10.1. The molecule has 7 aromatic rings. The van der Waals surface area contributed by atoms with Crippen molar-refractivity contribution < 1.29 is 9.05 Å². The topological polar surface area (TPSA) is 18.5 Å². The van der Waals surface area contributed by atoms with Gasteiger partial charge in [-0.2, -0.15) is 0 Å². The molecule has 6 aromatic carbocycles. The fourth-order valence-electron chi connectivity index (χ4n) is 4.91. The van der Waals surface area contributed by atoms with Gasteiger partial charge in [0.2, 0.25) is 0 Å². The highest BCUT2D eigenvalue weighted by Gasteiger charge is 2.23. The lowest BCUT2D eigenvalue weighted by Crippen LogP contribution is -2.15. The van der Waals surface area contributed by atoms with E-state index in [1.807, 2.05) is 24.3 Å². The molecule has 0 N–H and O–H groups in total. The second-order valence-electron chi connectivity index (χ2n) is 9.60. The summed E-state index contributed by atoms with van der Waals surface area (Å²) in [7, 11) is -2.11. The van der Waals surface area contributed by atoms with Crippen molar-refractivity contribution in [1.82, 2.24) is 0 Å². The van der Waals surface area contributed by atoms with E-state index in [0.717, 1.165) is 36.1 Å². The zero-order valence-electron chi connectivity index (χ0n) is 22.4. The van der Waals surface area contributed by atoms with Crippen LogP contribution in [0.5, 0.6) is 11.5 Å². The van der Waals surface area contributed by atoms with Gasteiger partial charge in [-0.25, -0.2) is 0 Å². The standard InChI is InChI=1S/C36H25BrO2P2S/c37-31-24-25-33(39-41(28-18-9-3-10-19-28)29-20-11-4-12-21-29)36-34(31)30-22-13-23-32(35(30)42-36)38-40(26-14-5-1-6-15-26)27-16-7-2-8-17-27/h1-25H. The van der Waals surface area contributed by atoms with Gasteiger partial charge >= 0.3 is 0 Å². The molecule has 0 saturated heterocycles. The Kier molecular flexibility index (Phi) is 8.05. The third-order valence-corrected chi connectivity index (χ3v) is 12.6. The van der Waals surface area contributed by atoms with E-state index in [1.54, 1.807) is 11.3 Å². The lowest BCUT2D eigenvalue weighted by molar-refractivity contribution is 0.638. The smallest absolute Gasteiger partial charge is 0.150 e. The van der Waals surface area contributed by atoms with Gasteiger partial charge in [-0.1, -0.05) is 149 Å². The highest BCUT2D eigenvalue weighted by Crippen LogP contribution is 2.50. The zero-order chi connectivity index (χ0) is 28.3. The van der Waals surface area contributed by atoms with Gasteiger partial charge in [0.25, 0.3) is 0 Å². The average Bonchev–Trinajstić information content (AvgIpc) is 3.47. The highest BCUT2D eigenvalue weighted by atomic mass is 79.9. The van der Waals surface area contributed by atoms with Gasteiger partial charge in [-0.15, -0.1) is 11.3 Å². The molecule has 204 valence electrons. The molecule has 42 heavy (non-hydrogen) atoms. The van der Waals surface area contributed by atoms with Crippen LogP contribution in [0.3, 0.4) is 0 Å². The highest BCUT2D eigenvalue weighted by molar-refractivity contribution is 9.10. The number of hydrogen-bond acceptors (Lipinski definition) is 3. The first kappa shape index (κ1) is 27.3. The summed E-state index contributed by atoms with van der Waals surface area (Å²) in [5.74, 6) is 1.77. The normalized spacial score (nSPS) is 11.4. The van der Waals surface area contributed by atoms with E-state index < -0.39 is 16.3 Å². The first-order valence-corrected chi connectivity index (χ1v) is 17.7. The van der Waals surface area contributed by atoms with Crippen LogP contribution >= 0.6 is 43.6 Å². The lowest BCUT2D eigenvalue weighted by Gasteiger charge is -2.20. The summed E-state index contributed by atoms with van der Waals surface area (Å²) in [5, 5.41) is 7.02. The second-order valence-corrected chi connectivity index (χ2v) is 15.1. The van der Waals surface area contributed by atoms with Gasteiger partial charge in [0.1, 0.15) is 11.5 Å². The minimum Gasteiger partial charge on any atom is -0.463 e. The summed E-state index contributed by atoms with van der Waals surface area (Å²) >= 11 is 5.59. The van der Waals surface area contributed by atoms with Crippen molar-refractivity contribution in [2.24, 2.45) is 0 Å². The zero-order valence-corrected chi connectivity index (χ0v) is 26.6. The quantitative estimate of drug-likeness (QED) is 0.151. The maximum atomic E-state index is 6.96. The third kappa shape index (κ3) is 5.49. The van der Waals surface area contributed by atoms with Gasteiger partial charge in [0.05, 0.1) is 9.40 Å². The predicted molar refractivity (Wildman–Crippen MR) is 186 cm³/mol. The maximum absolute atomic E-state index is 6.96. The molecule has 0 aliphatic carbocycles. The fourth-order valence-corrected chi connectivity index (χ4v) is 10.4. The molecule has 0 aliphatic rings. The van der Waals surface area contributed by atoms with Gasteiger partial charge < -0.3 is 9.05 Å². The molecule has 0 spiro atoms. The molecule has 7 rings (SSSR count). The Morgan fingerprint density at radius 2 is 0.857 bits per heavy atom. The minimum absolute atomic E-state index is 0.882. The van der Waals surface area contributed by atoms with Crippen molar-refractivity contribution in [3.05, 3.63) is 156 Å². The van der Waals surface area contributed by atoms with Crippen LogP contribution < -0.4 is 30.3 Å². The molecule has 6 heteroatoms. The number of benzene rings is 6. The van der Waals surface area contributed by atoms with Crippen LogP contribution in [0.4, 0.5) is 0 Å². The summed E-state index contributed by atoms with van der Waals surface area (Å²) in [6.45, 7) is 0. The molecule has 2 nitrogen and oxygen atoms in total. The van der Waals surface area contributed by atoms with Crippen molar-refractivity contribution in [3.8, 4) is 11.5 Å². The second kappa shape index (κ2) is 12.4. The molecule has 0 saturated carbocycles. The van der Waals surface area contributed by atoms with Crippen LogP contribution in [0.2, 0.25) is 0 Å². The Morgan fingerprint density at radius 1 is 0.429 bits per heavy atom.